The molecule has 0 saturated carbocycles. The monoisotopic (exact) mass is 344 g/mol. The van der Waals surface area contributed by atoms with E-state index >= 15 is 0 Å². The summed E-state index contributed by atoms with van der Waals surface area (Å²) in [7, 11) is 3.40. The first-order valence-electron chi connectivity index (χ1n) is 8.60. The lowest BCUT2D eigenvalue weighted by Crippen LogP contribution is -2.39. The second kappa shape index (κ2) is 8.00. The minimum atomic E-state index is 0.156. The third kappa shape index (κ3) is 4.29. The Morgan fingerprint density at radius 1 is 1.48 bits per heavy atom. The fraction of sp³-hybridized carbons (Fsp3) is 0.500. The van der Waals surface area contributed by atoms with Crippen molar-refractivity contribution in [2.75, 3.05) is 32.6 Å². The van der Waals surface area contributed by atoms with Crippen LogP contribution in [0.4, 0.5) is 5.82 Å². The summed E-state index contributed by atoms with van der Waals surface area (Å²) in [4.78, 5) is 18.8. The number of ether oxygens (including phenoxy) is 1. The molecule has 7 nitrogen and oxygen atoms in total. The van der Waals surface area contributed by atoms with E-state index in [1.165, 1.54) is 5.56 Å². The zero-order chi connectivity index (χ0) is 17.6. The Kier molecular flexibility index (Phi) is 5.53. The fourth-order valence-electron chi connectivity index (χ4n) is 3.21. The van der Waals surface area contributed by atoms with Crippen LogP contribution in [0.25, 0.3) is 0 Å². The van der Waals surface area contributed by atoms with Gasteiger partial charge in [-0.15, -0.1) is 0 Å². The summed E-state index contributed by atoms with van der Waals surface area (Å²) < 4.78 is 10.1. The van der Waals surface area contributed by atoms with Gasteiger partial charge < -0.3 is 19.5 Å². The van der Waals surface area contributed by atoms with Crippen LogP contribution in [0.3, 0.4) is 0 Å². The minimum Gasteiger partial charge on any atom is -0.479 e. The van der Waals surface area contributed by atoms with Crippen LogP contribution in [0.5, 0.6) is 5.88 Å². The lowest BCUT2D eigenvalue weighted by Gasteiger charge is -2.33. The molecule has 7 heteroatoms. The topological polar surface area (TPSA) is 80.5 Å². The number of pyridine rings is 1. The van der Waals surface area contributed by atoms with Gasteiger partial charge in [0.05, 0.1) is 7.11 Å². The molecule has 25 heavy (non-hydrogen) atoms. The number of aryl methyl sites for hydroxylation is 1. The van der Waals surface area contributed by atoms with Crippen LogP contribution in [0, 0.1) is 0 Å². The van der Waals surface area contributed by atoms with Gasteiger partial charge in [0.25, 0.3) is 5.88 Å². The maximum Gasteiger partial charge on any atom is 0.254 e. The molecule has 3 rings (SSSR count). The number of piperidine rings is 1. The molecule has 2 aromatic heterocycles. The number of nitrogens with one attached hydrogen (secondary N) is 1. The molecule has 134 valence electrons. The van der Waals surface area contributed by atoms with Crippen molar-refractivity contribution in [3.8, 4) is 5.88 Å². The first kappa shape index (κ1) is 17.3. The molecule has 0 aliphatic carbocycles. The Balaban J connectivity index is 1.57. The van der Waals surface area contributed by atoms with Crippen molar-refractivity contribution in [2.45, 2.75) is 31.6 Å². The van der Waals surface area contributed by atoms with Crippen LogP contribution in [-0.4, -0.2) is 48.2 Å². The van der Waals surface area contributed by atoms with Gasteiger partial charge >= 0.3 is 0 Å². The molecule has 0 unspecified atom stereocenters. The lowest BCUT2D eigenvalue weighted by molar-refractivity contribution is -0.132. The highest BCUT2D eigenvalue weighted by Crippen LogP contribution is 2.28. The van der Waals surface area contributed by atoms with Crippen molar-refractivity contribution in [3.63, 3.8) is 0 Å². The van der Waals surface area contributed by atoms with Crippen LogP contribution in [0.2, 0.25) is 0 Å². The first-order chi connectivity index (χ1) is 12.2. The van der Waals surface area contributed by atoms with Gasteiger partial charge in [0.1, 0.15) is 11.6 Å². The van der Waals surface area contributed by atoms with Gasteiger partial charge in [0.15, 0.2) is 0 Å². The van der Waals surface area contributed by atoms with Crippen molar-refractivity contribution in [1.29, 1.82) is 0 Å². The van der Waals surface area contributed by atoms with E-state index in [1.807, 2.05) is 24.2 Å². The number of nitrogens with zero attached hydrogens (tertiary/aromatic N) is 3. The fourth-order valence-corrected chi connectivity index (χ4v) is 3.21. The molecule has 0 bridgehead atoms. The molecule has 1 aliphatic heterocycles. The van der Waals surface area contributed by atoms with Crippen molar-refractivity contribution in [3.05, 3.63) is 35.7 Å². The van der Waals surface area contributed by atoms with Crippen LogP contribution in [-0.2, 0) is 11.2 Å². The van der Waals surface area contributed by atoms with E-state index in [9.17, 15) is 4.79 Å². The number of methoxy groups -OCH3 is 1. The molecule has 1 amide bonds. The molecule has 0 aromatic carbocycles. The Hall–Kier alpha value is -2.57. The predicted molar refractivity (Wildman–Crippen MR) is 93.7 cm³/mol. The Bertz CT molecular complexity index is 716. The van der Waals surface area contributed by atoms with E-state index in [0.29, 0.717) is 30.4 Å². The minimum absolute atomic E-state index is 0.156. The van der Waals surface area contributed by atoms with Gasteiger partial charge in [-0.3, -0.25) is 4.79 Å². The number of hydrogen-bond donors (Lipinski definition) is 1. The number of amides is 1. The highest BCUT2D eigenvalue weighted by atomic mass is 16.5. The molecular weight excluding hydrogens is 320 g/mol. The number of hydrogen-bond acceptors (Lipinski definition) is 6. The van der Waals surface area contributed by atoms with Crippen molar-refractivity contribution in [2.24, 2.45) is 0 Å². The van der Waals surface area contributed by atoms with Crippen molar-refractivity contribution < 1.29 is 14.1 Å². The van der Waals surface area contributed by atoms with Crippen LogP contribution < -0.4 is 10.1 Å². The Morgan fingerprint density at radius 2 is 2.36 bits per heavy atom. The maximum atomic E-state index is 12.6. The smallest absolute Gasteiger partial charge is 0.254 e. The van der Waals surface area contributed by atoms with Crippen LogP contribution in [0.1, 0.15) is 36.5 Å². The summed E-state index contributed by atoms with van der Waals surface area (Å²) in [6.07, 6.45) is 4.89. The zero-order valence-corrected chi connectivity index (χ0v) is 14.7. The number of carbonyl (C=O) groups excluding carboxylic acids is 1. The molecule has 2 aromatic rings. The summed E-state index contributed by atoms with van der Waals surface area (Å²) in [5.41, 5.74) is 1.23. The molecule has 0 radical (unpaired) electrons. The first-order valence-corrected chi connectivity index (χ1v) is 8.60. The number of aromatic nitrogens is 2. The average Bonchev–Trinajstić information content (AvgIpc) is 3.14. The van der Waals surface area contributed by atoms with Crippen molar-refractivity contribution in [1.82, 2.24) is 15.0 Å². The van der Waals surface area contributed by atoms with Crippen molar-refractivity contribution >= 4 is 11.7 Å². The summed E-state index contributed by atoms with van der Waals surface area (Å²) in [6.45, 7) is 1.57. The van der Waals surface area contributed by atoms with Gasteiger partial charge in [0.2, 0.25) is 5.91 Å². The molecule has 0 spiro atoms. The van der Waals surface area contributed by atoms with E-state index in [4.69, 9.17) is 9.26 Å². The molecule has 1 N–H and O–H groups in total. The summed E-state index contributed by atoms with van der Waals surface area (Å²) >= 11 is 0. The van der Waals surface area contributed by atoms with E-state index in [-0.39, 0.29) is 5.91 Å². The third-order valence-electron chi connectivity index (χ3n) is 4.62. The molecule has 1 fully saturated rings. The van der Waals surface area contributed by atoms with Gasteiger partial charge in [-0.1, -0.05) is 0 Å². The second-order valence-corrected chi connectivity index (χ2v) is 6.24. The maximum absolute atomic E-state index is 12.6. The average molecular weight is 344 g/mol. The SMILES string of the molecule is CNc1cc([C@H]2CCCN(C(=O)CCc3cc(OC)no3)C2)ccn1. The van der Waals surface area contributed by atoms with E-state index in [1.54, 1.807) is 13.2 Å². The number of likely N-dealkylation sites (tertiary alicyclic amines) is 1. The van der Waals surface area contributed by atoms with Gasteiger partial charge in [-0.2, -0.15) is 0 Å². The largest absolute Gasteiger partial charge is 0.479 e. The zero-order valence-electron chi connectivity index (χ0n) is 14.7. The second-order valence-electron chi connectivity index (χ2n) is 6.24. The highest BCUT2D eigenvalue weighted by Gasteiger charge is 2.25. The summed E-state index contributed by atoms with van der Waals surface area (Å²) in [5, 5.41) is 6.83. The van der Waals surface area contributed by atoms with Crippen LogP contribution in [0.15, 0.2) is 28.9 Å². The molecule has 1 aliphatic rings. The predicted octanol–water partition coefficient (Wildman–Crippen LogP) is 2.46. The number of carbonyl (C=O) groups is 1. The van der Waals surface area contributed by atoms with Gasteiger partial charge in [-0.05, 0) is 35.7 Å². The summed E-state index contributed by atoms with van der Waals surface area (Å²) in [5.74, 6) is 2.49. The molecule has 1 atom stereocenters. The van der Waals surface area contributed by atoms with E-state index in [0.717, 1.165) is 31.7 Å². The molecular formula is C18H24N4O3. The lowest BCUT2D eigenvalue weighted by atomic mass is 9.91. The summed E-state index contributed by atoms with van der Waals surface area (Å²) in [6, 6.07) is 5.84. The number of rotatable bonds is 6. The molecule has 3 heterocycles. The van der Waals surface area contributed by atoms with Gasteiger partial charge in [-0.25, -0.2) is 4.98 Å². The number of anilines is 1. The van der Waals surface area contributed by atoms with Crippen LogP contribution >= 0.6 is 0 Å². The van der Waals surface area contributed by atoms with E-state index in [2.05, 4.69) is 21.5 Å². The van der Waals surface area contributed by atoms with E-state index < -0.39 is 0 Å². The normalized spacial score (nSPS) is 17.4. The quantitative estimate of drug-likeness (QED) is 0.867. The standard InChI is InChI=1S/C18H24N4O3/c1-19-16-10-13(7-8-20-16)14-4-3-9-22(12-14)18(23)6-5-15-11-17(24-2)21-25-15/h7-8,10-11,14H,3-6,9,12H2,1-2H3,(H,19,20)/t14-/m0/s1. The molecule has 1 saturated heterocycles. The third-order valence-corrected chi connectivity index (χ3v) is 4.62. The Labute approximate surface area is 147 Å². The Morgan fingerprint density at radius 3 is 3.12 bits per heavy atom. The highest BCUT2D eigenvalue weighted by molar-refractivity contribution is 5.76. The van der Waals surface area contributed by atoms with Gasteiger partial charge in [0, 0.05) is 51.2 Å².